The lowest BCUT2D eigenvalue weighted by Gasteiger charge is -2.48. The summed E-state index contributed by atoms with van der Waals surface area (Å²) in [6, 6.07) is -7.11. The average molecular weight is 881 g/mol. The van der Waals surface area contributed by atoms with Crippen molar-refractivity contribution in [3.05, 3.63) is 0 Å². The Bertz CT molecular complexity index is 1530. The van der Waals surface area contributed by atoms with Gasteiger partial charge in [0.2, 0.25) is 41.4 Å². The van der Waals surface area contributed by atoms with Crippen molar-refractivity contribution in [2.75, 3.05) is 26.3 Å². The third-order valence-electron chi connectivity index (χ3n) is 9.62. The number of ether oxygens (including phenoxy) is 4. The van der Waals surface area contributed by atoms with Crippen LogP contribution in [0.2, 0.25) is 0 Å². The zero-order chi connectivity index (χ0) is 46.1. The number of unbranched alkanes of at least 4 members (excludes halogenated alkanes) is 1. The maximum Gasteiger partial charge on any atom is 0.326 e. The number of aliphatic hydroxyl groups is 5. The highest BCUT2D eigenvalue weighted by molar-refractivity contribution is 5.92. The predicted molar refractivity (Wildman–Crippen MR) is 204 cm³/mol. The molecule has 0 spiro atoms. The standard InChI is InChI=1S/C35H60N8O18/c1-14(31(53)43-18(30(37)52)8-9-22(48)42-19(33(55)56)7-5-6-10-38-23(49)11-36)39-32(54)15(2)58-29-25(41-17(4)47)34(57)59-21(13-45)28(29)61-35-24(40-16(3)46)27(51)26(50)20(12-44)60-35/h14-15,18-21,24-29,34-35,44-45,50-51,57H,5-13,36H2,1-4H3,(H2,37,52)(H,38,49)(H,39,54)(H,40,46)(H,41,47)(H,42,48)(H,43,53)(H,55,56). The molecule has 0 bridgehead atoms. The molecule has 14 atom stereocenters. The van der Waals surface area contributed by atoms with Gasteiger partial charge in [0.15, 0.2) is 12.6 Å². The number of aliphatic carboxylic acids is 1. The Kier molecular flexibility index (Phi) is 21.8. The molecular formula is C35H60N8O18. The lowest BCUT2D eigenvalue weighted by molar-refractivity contribution is -0.333. The molecule has 7 amide bonds. The van der Waals surface area contributed by atoms with Crippen LogP contribution in [0.5, 0.6) is 0 Å². The molecule has 348 valence electrons. The first-order chi connectivity index (χ1) is 28.6. The van der Waals surface area contributed by atoms with Crippen molar-refractivity contribution in [3.8, 4) is 0 Å². The molecule has 2 rings (SSSR count). The Labute approximate surface area is 350 Å². The third kappa shape index (κ3) is 16.3. The number of nitrogens with one attached hydrogen (secondary N) is 6. The second-order valence-electron chi connectivity index (χ2n) is 14.5. The fourth-order valence-corrected chi connectivity index (χ4v) is 6.37. The average Bonchev–Trinajstić information content (AvgIpc) is 3.19. The summed E-state index contributed by atoms with van der Waals surface area (Å²) in [7, 11) is 0. The molecule has 0 aromatic carbocycles. The SMILES string of the molecule is CC(=O)NC1C(OC2C(CO)OC(O)C(NC(C)=O)C2OC(C)C(=O)NC(C)C(=O)NC(CCC(=O)NC(CCCCNC(=O)CN)C(=O)O)C(N)=O)OC(CO)C(O)C1O. The summed E-state index contributed by atoms with van der Waals surface area (Å²) in [5.74, 6) is -6.81. The van der Waals surface area contributed by atoms with Crippen molar-refractivity contribution >= 4 is 47.3 Å². The molecule has 16 N–H and O–H groups in total. The lowest BCUT2D eigenvalue weighted by atomic mass is 9.94. The van der Waals surface area contributed by atoms with E-state index in [9.17, 15) is 69.0 Å². The van der Waals surface area contributed by atoms with Crippen molar-refractivity contribution in [2.24, 2.45) is 11.5 Å². The molecule has 2 heterocycles. The van der Waals surface area contributed by atoms with Gasteiger partial charge in [0.25, 0.3) is 0 Å². The Balaban J connectivity index is 2.15. The predicted octanol–water partition coefficient (Wildman–Crippen LogP) is -7.63. The van der Waals surface area contributed by atoms with Crippen molar-refractivity contribution in [1.29, 1.82) is 0 Å². The highest BCUT2D eigenvalue weighted by Crippen LogP contribution is 2.31. The molecule has 0 radical (unpaired) electrons. The molecule has 0 aliphatic carbocycles. The number of nitrogens with two attached hydrogens (primary N) is 2. The number of rotatable bonds is 24. The van der Waals surface area contributed by atoms with Crippen molar-refractivity contribution in [2.45, 2.75) is 145 Å². The first-order valence-electron chi connectivity index (χ1n) is 19.5. The van der Waals surface area contributed by atoms with E-state index in [1.165, 1.54) is 13.8 Å². The van der Waals surface area contributed by atoms with Crippen LogP contribution in [-0.2, 0) is 57.3 Å². The van der Waals surface area contributed by atoms with Crippen LogP contribution in [0.4, 0.5) is 0 Å². The van der Waals surface area contributed by atoms with Gasteiger partial charge in [-0.05, 0) is 39.5 Å². The van der Waals surface area contributed by atoms with Crippen LogP contribution < -0.4 is 43.4 Å². The number of aliphatic hydroxyl groups excluding tert-OH is 5. The van der Waals surface area contributed by atoms with E-state index in [1.54, 1.807) is 0 Å². The molecule has 61 heavy (non-hydrogen) atoms. The van der Waals surface area contributed by atoms with Crippen LogP contribution in [-0.4, -0.2) is 190 Å². The van der Waals surface area contributed by atoms with Gasteiger partial charge < -0.3 is 93.0 Å². The summed E-state index contributed by atoms with van der Waals surface area (Å²) < 4.78 is 23.1. The minimum atomic E-state index is -1.87. The van der Waals surface area contributed by atoms with Crippen LogP contribution in [0.15, 0.2) is 0 Å². The van der Waals surface area contributed by atoms with Gasteiger partial charge in [-0.15, -0.1) is 0 Å². The van der Waals surface area contributed by atoms with Gasteiger partial charge in [-0.25, -0.2) is 4.79 Å². The minimum absolute atomic E-state index is 0.0296. The molecule has 26 nitrogen and oxygen atoms in total. The van der Waals surface area contributed by atoms with Gasteiger partial charge in [0.1, 0.15) is 72.9 Å². The summed E-state index contributed by atoms with van der Waals surface area (Å²) >= 11 is 0. The van der Waals surface area contributed by atoms with Gasteiger partial charge in [-0.2, -0.15) is 0 Å². The molecule has 26 heteroatoms. The fourth-order valence-electron chi connectivity index (χ4n) is 6.37. The second-order valence-corrected chi connectivity index (χ2v) is 14.5. The van der Waals surface area contributed by atoms with Crippen LogP contribution in [0.3, 0.4) is 0 Å². The molecule has 0 aromatic rings. The molecule has 2 aliphatic rings. The van der Waals surface area contributed by atoms with E-state index in [4.69, 9.17) is 30.4 Å². The van der Waals surface area contributed by atoms with E-state index >= 15 is 0 Å². The summed E-state index contributed by atoms with van der Waals surface area (Å²) in [5, 5.41) is 75.8. The van der Waals surface area contributed by atoms with E-state index in [0.717, 1.165) is 13.8 Å². The maximum atomic E-state index is 13.4. The fraction of sp³-hybridized carbons (Fsp3) is 0.771. The Morgan fingerprint density at radius 1 is 0.738 bits per heavy atom. The summed E-state index contributed by atoms with van der Waals surface area (Å²) in [4.78, 5) is 98.4. The first kappa shape index (κ1) is 52.5. The minimum Gasteiger partial charge on any atom is -0.480 e. The topological polar surface area (TPSA) is 419 Å². The van der Waals surface area contributed by atoms with Crippen molar-refractivity contribution in [1.82, 2.24) is 31.9 Å². The van der Waals surface area contributed by atoms with E-state index < -0.39 is 147 Å². The number of carbonyl (C=O) groups is 8. The Morgan fingerprint density at radius 3 is 1.92 bits per heavy atom. The van der Waals surface area contributed by atoms with Crippen LogP contribution in [0.1, 0.15) is 59.8 Å². The molecular weight excluding hydrogens is 820 g/mol. The third-order valence-corrected chi connectivity index (χ3v) is 9.62. The highest BCUT2D eigenvalue weighted by Gasteiger charge is 2.53. The Hall–Kier alpha value is -4.64. The Morgan fingerprint density at radius 2 is 1.36 bits per heavy atom. The second kappa shape index (κ2) is 25.3. The molecule has 0 saturated carbocycles. The first-order valence-corrected chi connectivity index (χ1v) is 19.5. The number of hydrogen-bond donors (Lipinski definition) is 14. The summed E-state index contributed by atoms with van der Waals surface area (Å²) in [6.45, 7) is 3.02. The van der Waals surface area contributed by atoms with Crippen LogP contribution >= 0.6 is 0 Å². The summed E-state index contributed by atoms with van der Waals surface area (Å²) in [5.41, 5.74) is 10.6. The highest BCUT2D eigenvalue weighted by atomic mass is 16.7. The van der Waals surface area contributed by atoms with Crippen LogP contribution in [0.25, 0.3) is 0 Å². The molecule has 2 fully saturated rings. The molecule has 2 saturated heterocycles. The van der Waals surface area contributed by atoms with E-state index in [-0.39, 0.29) is 31.8 Å². The van der Waals surface area contributed by atoms with E-state index in [1.807, 2.05) is 0 Å². The van der Waals surface area contributed by atoms with E-state index in [0.29, 0.717) is 12.8 Å². The normalized spacial score (nSPS) is 28.2. The van der Waals surface area contributed by atoms with E-state index in [2.05, 4.69) is 31.9 Å². The van der Waals surface area contributed by atoms with Crippen LogP contribution in [0, 0.1) is 0 Å². The summed E-state index contributed by atoms with van der Waals surface area (Å²) in [6.07, 6.45) is -14.7. The zero-order valence-electron chi connectivity index (χ0n) is 34.2. The van der Waals surface area contributed by atoms with Gasteiger partial charge >= 0.3 is 5.97 Å². The van der Waals surface area contributed by atoms with Gasteiger partial charge in [-0.3, -0.25) is 33.6 Å². The van der Waals surface area contributed by atoms with Gasteiger partial charge in [0.05, 0.1) is 19.8 Å². The zero-order valence-corrected chi connectivity index (χ0v) is 34.2. The maximum absolute atomic E-state index is 13.4. The van der Waals surface area contributed by atoms with Crippen molar-refractivity contribution < 1.29 is 87.9 Å². The van der Waals surface area contributed by atoms with Gasteiger partial charge in [-0.1, -0.05) is 0 Å². The number of amides is 7. The number of primary amides is 1. The number of carbonyl (C=O) groups excluding carboxylic acids is 7. The monoisotopic (exact) mass is 880 g/mol. The van der Waals surface area contributed by atoms with Crippen molar-refractivity contribution in [3.63, 3.8) is 0 Å². The molecule has 0 aromatic heterocycles. The number of carboxylic acid groups (broad SMARTS) is 1. The quantitative estimate of drug-likeness (QED) is 0.0400. The lowest BCUT2D eigenvalue weighted by Crippen LogP contribution is -2.70. The molecule has 14 unspecified atom stereocenters. The molecule has 2 aliphatic heterocycles. The smallest absolute Gasteiger partial charge is 0.326 e. The van der Waals surface area contributed by atoms with Gasteiger partial charge in [0, 0.05) is 26.8 Å². The number of hydrogen-bond acceptors (Lipinski definition) is 18. The largest absolute Gasteiger partial charge is 0.480 e. The number of carboxylic acids is 1.